The molecule has 15 heavy (non-hydrogen) atoms. The van der Waals surface area contributed by atoms with E-state index in [1.807, 2.05) is 26.0 Å². The van der Waals surface area contributed by atoms with Gasteiger partial charge in [0.2, 0.25) is 0 Å². The zero-order valence-corrected chi connectivity index (χ0v) is 8.70. The van der Waals surface area contributed by atoms with E-state index in [4.69, 9.17) is 5.73 Å². The van der Waals surface area contributed by atoms with Gasteiger partial charge in [-0.25, -0.2) is 0 Å². The number of benzene rings is 1. The smallest absolute Gasteiger partial charge is 0.145 e. The second kappa shape index (κ2) is 3.31. The Kier molecular flexibility index (Phi) is 2.11. The van der Waals surface area contributed by atoms with Gasteiger partial charge in [0.1, 0.15) is 11.6 Å². The molecule has 78 valence electrons. The molecule has 4 nitrogen and oxygen atoms in total. The molecule has 0 amide bonds. The zero-order valence-electron chi connectivity index (χ0n) is 8.70. The molecule has 0 saturated carbocycles. The monoisotopic (exact) mass is 203 g/mol. The van der Waals surface area contributed by atoms with Crippen molar-refractivity contribution < 1.29 is 5.11 Å². The van der Waals surface area contributed by atoms with Gasteiger partial charge in [-0.2, -0.15) is 5.10 Å². The number of nitrogens with zero attached hydrogens (tertiary/aromatic N) is 1. The predicted octanol–water partition coefficient (Wildman–Crippen LogP) is 1.98. The van der Waals surface area contributed by atoms with Crippen molar-refractivity contribution in [3.63, 3.8) is 0 Å². The van der Waals surface area contributed by atoms with Crippen LogP contribution in [0.1, 0.15) is 11.1 Å². The first-order valence-corrected chi connectivity index (χ1v) is 4.69. The number of H-pyrrole nitrogens is 1. The number of aromatic nitrogens is 2. The molecule has 0 spiro atoms. The molecule has 0 fully saturated rings. The number of aromatic amines is 1. The lowest BCUT2D eigenvalue weighted by atomic mass is 10.0. The number of aromatic hydroxyl groups is 1. The molecule has 0 radical (unpaired) electrons. The van der Waals surface area contributed by atoms with E-state index in [-0.39, 0.29) is 5.75 Å². The summed E-state index contributed by atoms with van der Waals surface area (Å²) < 4.78 is 0. The Morgan fingerprint density at radius 3 is 2.60 bits per heavy atom. The standard InChI is InChI=1S/C11H13N3O/c1-6-3-7(2)11(15)8(4-6)9-5-10(12)14-13-9/h3-5,15H,1-2H3,(H3,12,13,14). The van der Waals surface area contributed by atoms with Crippen molar-refractivity contribution in [2.75, 3.05) is 5.73 Å². The molecule has 1 aromatic carbocycles. The third kappa shape index (κ3) is 1.66. The summed E-state index contributed by atoms with van der Waals surface area (Å²) >= 11 is 0. The molecule has 0 aliphatic rings. The lowest BCUT2D eigenvalue weighted by Crippen LogP contribution is -1.85. The number of hydrogen-bond acceptors (Lipinski definition) is 3. The van der Waals surface area contributed by atoms with E-state index in [9.17, 15) is 5.11 Å². The van der Waals surface area contributed by atoms with Crippen molar-refractivity contribution in [2.24, 2.45) is 0 Å². The number of anilines is 1. The Morgan fingerprint density at radius 2 is 2.00 bits per heavy atom. The maximum absolute atomic E-state index is 9.90. The molecule has 1 aromatic heterocycles. The van der Waals surface area contributed by atoms with Crippen molar-refractivity contribution in [1.29, 1.82) is 0 Å². The number of phenols is 1. The lowest BCUT2D eigenvalue weighted by molar-refractivity contribution is 0.473. The van der Waals surface area contributed by atoms with Gasteiger partial charge in [0.25, 0.3) is 0 Å². The molecule has 4 heteroatoms. The van der Waals surface area contributed by atoms with Crippen molar-refractivity contribution in [3.05, 3.63) is 29.3 Å². The summed E-state index contributed by atoms with van der Waals surface area (Å²) in [6.07, 6.45) is 0. The topological polar surface area (TPSA) is 74.9 Å². The largest absolute Gasteiger partial charge is 0.507 e. The molecule has 2 rings (SSSR count). The highest BCUT2D eigenvalue weighted by molar-refractivity contribution is 5.71. The van der Waals surface area contributed by atoms with Crippen LogP contribution in [0, 0.1) is 13.8 Å². The fourth-order valence-corrected chi connectivity index (χ4v) is 1.64. The molecule has 0 aliphatic heterocycles. The van der Waals surface area contributed by atoms with Crippen molar-refractivity contribution in [3.8, 4) is 17.0 Å². The molecular weight excluding hydrogens is 190 g/mol. The Bertz CT molecular complexity index is 503. The van der Waals surface area contributed by atoms with Gasteiger partial charge >= 0.3 is 0 Å². The molecule has 0 aliphatic carbocycles. The van der Waals surface area contributed by atoms with Crippen LogP contribution in [0.4, 0.5) is 5.82 Å². The summed E-state index contributed by atoms with van der Waals surface area (Å²) in [7, 11) is 0. The Morgan fingerprint density at radius 1 is 1.27 bits per heavy atom. The summed E-state index contributed by atoms with van der Waals surface area (Å²) in [5, 5.41) is 16.5. The predicted molar refractivity (Wildman–Crippen MR) is 59.6 cm³/mol. The third-order valence-electron chi connectivity index (χ3n) is 2.33. The average Bonchev–Trinajstić information content (AvgIpc) is 2.58. The van der Waals surface area contributed by atoms with E-state index in [1.54, 1.807) is 6.07 Å². The maximum Gasteiger partial charge on any atom is 0.145 e. The Balaban J connectivity index is 2.62. The van der Waals surface area contributed by atoms with Crippen LogP contribution in [-0.4, -0.2) is 15.3 Å². The Labute approximate surface area is 87.7 Å². The van der Waals surface area contributed by atoms with Gasteiger partial charge in [0, 0.05) is 11.6 Å². The summed E-state index contributed by atoms with van der Waals surface area (Å²) in [5.74, 6) is 0.688. The highest BCUT2D eigenvalue weighted by Crippen LogP contribution is 2.32. The first-order chi connectivity index (χ1) is 7.08. The first-order valence-electron chi connectivity index (χ1n) is 4.69. The van der Waals surface area contributed by atoms with E-state index in [1.165, 1.54) is 0 Å². The minimum atomic E-state index is 0.268. The van der Waals surface area contributed by atoms with E-state index in [2.05, 4.69) is 10.2 Å². The number of aryl methyl sites for hydroxylation is 2. The van der Waals surface area contributed by atoms with Crippen LogP contribution in [0.3, 0.4) is 0 Å². The average molecular weight is 203 g/mol. The van der Waals surface area contributed by atoms with Crippen molar-refractivity contribution >= 4 is 5.82 Å². The molecule has 0 unspecified atom stereocenters. The SMILES string of the molecule is Cc1cc(C)c(O)c(-c2cc(N)n[nH]2)c1. The molecule has 0 saturated heterocycles. The third-order valence-corrected chi connectivity index (χ3v) is 2.33. The van der Waals surface area contributed by atoms with Crippen molar-refractivity contribution in [2.45, 2.75) is 13.8 Å². The highest BCUT2D eigenvalue weighted by atomic mass is 16.3. The minimum Gasteiger partial charge on any atom is -0.507 e. The molecular formula is C11H13N3O. The molecule has 1 heterocycles. The van der Waals surface area contributed by atoms with Gasteiger partial charge in [-0.15, -0.1) is 0 Å². The molecule has 4 N–H and O–H groups in total. The highest BCUT2D eigenvalue weighted by Gasteiger charge is 2.09. The van der Waals surface area contributed by atoms with Gasteiger partial charge in [0.15, 0.2) is 0 Å². The van der Waals surface area contributed by atoms with Crippen LogP contribution in [0.2, 0.25) is 0 Å². The van der Waals surface area contributed by atoms with Gasteiger partial charge in [-0.05, 0) is 31.0 Å². The van der Waals surface area contributed by atoms with E-state index >= 15 is 0 Å². The molecule has 0 bridgehead atoms. The fourth-order valence-electron chi connectivity index (χ4n) is 1.64. The Hall–Kier alpha value is -1.97. The van der Waals surface area contributed by atoms with Crippen molar-refractivity contribution in [1.82, 2.24) is 10.2 Å². The van der Waals surface area contributed by atoms with E-state index in [0.29, 0.717) is 5.82 Å². The van der Waals surface area contributed by atoms with Crippen LogP contribution < -0.4 is 5.73 Å². The second-order valence-corrected chi connectivity index (χ2v) is 3.68. The van der Waals surface area contributed by atoms with Gasteiger partial charge in [0.05, 0.1) is 5.69 Å². The van der Waals surface area contributed by atoms with Crippen LogP contribution in [0.25, 0.3) is 11.3 Å². The molecule has 0 atom stereocenters. The van der Waals surface area contributed by atoms with Crippen LogP contribution in [0.5, 0.6) is 5.75 Å². The van der Waals surface area contributed by atoms with Gasteiger partial charge in [-0.3, -0.25) is 5.10 Å². The van der Waals surface area contributed by atoms with Gasteiger partial charge in [-0.1, -0.05) is 6.07 Å². The first kappa shape index (κ1) is 9.58. The molecule has 2 aromatic rings. The number of nitrogen functional groups attached to an aromatic ring is 1. The summed E-state index contributed by atoms with van der Waals surface area (Å²) in [5.41, 5.74) is 8.92. The summed E-state index contributed by atoms with van der Waals surface area (Å²) in [6, 6.07) is 5.53. The number of rotatable bonds is 1. The second-order valence-electron chi connectivity index (χ2n) is 3.68. The van der Waals surface area contributed by atoms with Crippen LogP contribution in [-0.2, 0) is 0 Å². The number of phenolic OH excluding ortho intramolecular Hbond substituents is 1. The quantitative estimate of drug-likeness (QED) is 0.663. The summed E-state index contributed by atoms with van der Waals surface area (Å²) in [4.78, 5) is 0. The van der Waals surface area contributed by atoms with Crippen LogP contribution in [0.15, 0.2) is 18.2 Å². The number of nitrogens with two attached hydrogens (primary N) is 1. The lowest BCUT2D eigenvalue weighted by Gasteiger charge is -2.06. The van der Waals surface area contributed by atoms with Crippen LogP contribution >= 0.6 is 0 Å². The minimum absolute atomic E-state index is 0.268. The fraction of sp³-hybridized carbons (Fsp3) is 0.182. The maximum atomic E-state index is 9.90. The zero-order chi connectivity index (χ0) is 11.0. The van der Waals surface area contributed by atoms with Gasteiger partial charge < -0.3 is 10.8 Å². The van der Waals surface area contributed by atoms with E-state index < -0.39 is 0 Å². The number of hydrogen-bond donors (Lipinski definition) is 3. The summed E-state index contributed by atoms with van der Waals surface area (Å²) in [6.45, 7) is 3.85. The normalized spacial score (nSPS) is 10.5. The van der Waals surface area contributed by atoms with E-state index in [0.717, 1.165) is 22.4 Å². The number of nitrogens with one attached hydrogen (secondary N) is 1.